The molecule has 1 N–H and O–H groups in total. The van der Waals surface area contributed by atoms with Crippen LogP contribution in [0.15, 0.2) is 64.8 Å². The molecule has 4 nitrogen and oxygen atoms in total. The zero-order chi connectivity index (χ0) is 22.2. The molecule has 2 rings (SSSR count). The van der Waals surface area contributed by atoms with E-state index in [2.05, 4.69) is 17.2 Å². The predicted octanol–water partition coefficient (Wildman–Crippen LogP) is 8.35. The summed E-state index contributed by atoms with van der Waals surface area (Å²) < 4.78 is 0. The Morgan fingerprint density at radius 2 is 1.29 bits per heavy atom. The van der Waals surface area contributed by atoms with Crippen molar-refractivity contribution in [2.75, 3.05) is 0 Å². The van der Waals surface area contributed by atoms with Gasteiger partial charge < -0.3 is 5.11 Å². The van der Waals surface area contributed by atoms with Crippen LogP contribution in [0.3, 0.4) is 0 Å². The summed E-state index contributed by atoms with van der Waals surface area (Å²) in [7, 11) is 0. The summed E-state index contributed by atoms with van der Waals surface area (Å²) >= 11 is 0. The number of nitrogens with zero attached hydrogens (tertiary/aromatic N) is 2. The molecular formula is C27H38N2O2. The molecule has 0 fully saturated rings. The van der Waals surface area contributed by atoms with Gasteiger partial charge in [-0.1, -0.05) is 76.5 Å². The number of rotatable bonds is 16. The average molecular weight is 423 g/mol. The van der Waals surface area contributed by atoms with E-state index in [0.717, 1.165) is 30.6 Å². The minimum atomic E-state index is -0.284. The maximum absolute atomic E-state index is 12.4. The van der Waals surface area contributed by atoms with Crippen LogP contribution in [-0.2, 0) is 0 Å². The molecule has 0 aliphatic heterocycles. The van der Waals surface area contributed by atoms with E-state index in [1.165, 1.54) is 44.9 Å². The molecule has 2 aromatic rings. The molecule has 0 bridgehead atoms. The Kier molecular flexibility index (Phi) is 12.4. The molecule has 0 spiro atoms. The molecule has 1 unspecified atom stereocenters. The molecule has 31 heavy (non-hydrogen) atoms. The number of aliphatic hydroxyl groups excluding tert-OH is 1. The van der Waals surface area contributed by atoms with Crippen LogP contribution in [0, 0.1) is 0 Å². The second kappa shape index (κ2) is 15.5. The highest BCUT2D eigenvalue weighted by Gasteiger charge is 2.09. The number of azo groups is 1. The highest BCUT2D eigenvalue weighted by molar-refractivity contribution is 5.96. The number of carbonyl (C=O) groups excluding carboxylic acids is 1. The number of carbonyl (C=O) groups is 1. The molecule has 168 valence electrons. The first kappa shape index (κ1) is 24.9. The van der Waals surface area contributed by atoms with E-state index in [-0.39, 0.29) is 11.9 Å². The number of ketones is 1. The summed E-state index contributed by atoms with van der Waals surface area (Å²) in [5, 5.41) is 18.5. The van der Waals surface area contributed by atoms with Crippen LogP contribution in [0.25, 0.3) is 0 Å². The lowest BCUT2D eigenvalue weighted by Crippen LogP contribution is -2.08. The summed E-state index contributed by atoms with van der Waals surface area (Å²) in [4.78, 5) is 12.4. The molecule has 0 saturated heterocycles. The van der Waals surface area contributed by atoms with Crippen LogP contribution in [0.5, 0.6) is 0 Å². The number of Topliss-reactive ketones (excluding diaryl/α,β-unsaturated/α-hetero) is 1. The van der Waals surface area contributed by atoms with Crippen molar-refractivity contribution < 1.29 is 9.90 Å². The van der Waals surface area contributed by atoms with Crippen LogP contribution in [0.4, 0.5) is 11.4 Å². The predicted molar refractivity (Wildman–Crippen MR) is 128 cm³/mol. The lowest BCUT2D eigenvalue weighted by atomic mass is 10.0. The smallest absolute Gasteiger partial charge is 0.162 e. The third kappa shape index (κ3) is 11.0. The van der Waals surface area contributed by atoms with Crippen molar-refractivity contribution >= 4 is 17.2 Å². The highest BCUT2D eigenvalue weighted by Crippen LogP contribution is 2.20. The van der Waals surface area contributed by atoms with Gasteiger partial charge in [0.25, 0.3) is 0 Å². The molecule has 2 aromatic carbocycles. The molecule has 0 radical (unpaired) electrons. The Hall–Kier alpha value is -2.33. The topological polar surface area (TPSA) is 62.0 Å². The van der Waals surface area contributed by atoms with Crippen LogP contribution >= 0.6 is 0 Å². The maximum atomic E-state index is 12.4. The van der Waals surface area contributed by atoms with Gasteiger partial charge in [0.05, 0.1) is 17.5 Å². The number of hydrogen-bond donors (Lipinski definition) is 1. The van der Waals surface area contributed by atoms with E-state index < -0.39 is 0 Å². The van der Waals surface area contributed by atoms with Gasteiger partial charge in [-0.15, -0.1) is 0 Å². The Morgan fingerprint density at radius 1 is 0.742 bits per heavy atom. The molecule has 0 aliphatic carbocycles. The summed E-state index contributed by atoms with van der Waals surface area (Å²) in [6.07, 6.45) is 12.7. The van der Waals surface area contributed by atoms with Crippen LogP contribution in [0.2, 0.25) is 0 Å². The van der Waals surface area contributed by atoms with Gasteiger partial charge in [0, 0.05) is 12.0 Å². The molecule has 1 atom stereocenters. The van der Waals surface area contributed by atoms with Crippen molar-refractivity contribution in [3.8, 4) is 0 Å². The second-order valence-corrected chi connectivity index (χ2v) is 8.32. The first-order valence-electron chi connectivity index (χ1n) is 12.0. The lowest BCUT2D eigenvalue weighted by molar-refractivity contribution is 0.0966. The van der Waals surface area contributed by atoms with Crippen molar-refractivity contribution in [2.24, 2.45) is 10.2 Å². The standard InChI is InChI=1S/C27H38N2O2/c1-2-3-4-5-6-7-8-12-16-26(30)17-13-18-27(31)23-19-21-25(22-20-23)29-28-24-14-10-9-11-15-24/h9-11,14-15,19-22,26,30H,2-8,12-13,16-18H2,1H3. The van der Waals surface area contributed by atoms with Crippen LogP contribution in [-0.4, -0.2) is 17.0 Å². The van der Waals surface area contributed by atoms with E-state index in [0.29, 0.717) is 18.4 Å². The highest BCUT2D eigenvalue weighted by atomic mass is 16.3. The number of aliphatic hydroxyl groups is 1. The Balaban J connectivity index is 1.59. The van der Waals surface area contributed by atoms with E-state index >= 15 is 0 Å². The molecule has 4 heteroatoms. The molecule has 0 aliphatic rings. The number of hydrogen-bond acceptors (Lipinski definition) is 4. The molecule has 0 heterocycles. The quantitative estimate of drug-likeness (QED) is 0.168. The maximum Gasteiger partial charge on any atom is 0.162 e. The Labute approximate surface area is 187 Å². The summed E-state index contributed by atoms with van der Waals surface area (Å²) in [6, 6.07) is 16.8. The van der Waals surface area contributed by atoms with Crippen LogP contribution < -0.4 is 0 Å². The largest absolute Gasteiger partial charge is 0.393 e. The van der Waals surface area contributed by atoms with Gasteiger partial charge >= 0.3 is 0 Å². The van der Waals surface area contributed by atoms with Gasteiger partial charge in [0.1, 0.15) is 0 Å². The van der Waals surface area contributed by atoms with Crippen LogP contribution in [0.1, 0.15) is 94.3 Å². The van der Waals surface area contributed by atoms with E-state index in [9.17, 15) is 9.90 Å². The molecular weight excluding hydrogens is 384 g/mol. The SMILES string of the molecule is CCCCCCCCCCC(O)CCCC(=O)c1ccc(N=Nc2ccccc2)cc1. The van der Waals surface area contributed by atoms with Gasteiger partial charge in [-0.3, -0.25) is 4.79 Å². The normalized spacial score (nSPS) is 12.3. The third-order valence-electron chi connectivity index (χ3n) is 5.56. The Morgan fingerprint density at radius 3 is 1.94 bits per heavy atom. The van der Waals surface area contributed by atoms with Gasteiger partial charge in [-0.2, -0.15) is 10.2 Å². The fourth-order valence-corrected chi connectivity index (χ4v) is 3.62. The van der Waals surface area contributed by atoms with Gasteiger partial charge in [0.15, 0.2) is 5.78 Å². The fourth-order valence-electron chi connectivity index (χ4n) is 3.62. The second-order valence-electron chi connectivity index (χ2n) is 8.32. The molecule has 0 aromatic heterocycles. The van der Waals surface area contributed by atoms with Crippen molar-refractivity contribution in [2.45, 2.75) is 90.1 Å². The fraction of sp³-hybridized carbons (Fsp3) is 0.519. The molecule has 0 amide bonds. The average Bonchev–Trinajstić information content (AvgIpc) is 2.80. The van der Waals surface area contributed by atoms with Crippen molar-refractivity contribution in [1.29, 1.82) is 0 Å². The summed E-state index contributed by atoms with van der Waals surface area (Å²) in [5.41, 5.74) is 2.21. The van der Waals surface area contributed by atoms with E-state index in [4.69, 9.17) is 0 Å². The molecule has 0 saturated carbocycles. The third-order valence-corrected chi connectivity index (χ3v) is 5.56. The van der Waals surface area contributed by atoms with Gasteiger partial charge in [0.2, 0.25) is 0 Å². The zero-order valence-electron chi connectivity index (χ0n) is 19.0. The van der Waals surface area contributed by atoms with Crippen molar-refractivity contribution in [1.82, 2.24) is 0 Å². The van der Waals surface area contributed by atoms with Gasteiger partial charge in [-0.05, 0) is 55.7 Å². The van der Waals surface area contributed by atoms with Crippen molar-refractivity contribution in [3.63, 3.8) is 0 Å². The first-order chi connectivity index (χ1) is 15.2. The monoisotopic (exact) mass is 422 g/mol. The minimum Gasteiger partial charge on any atom is -0.393 e. The minimum absolute atomic E-state index is 0.117. The van der Waals surface area contributed by atoms with E-state index in [1.807, 2.05) is 42.5 Å². The summed E-state index contributed by atoms with van der Waals surface area (Å²) in [5.74, 6) is 0.117. The Bertz CT molecular complexity index is 757. The zero-order valence-corrected chi connectivity index (χ0v) is 19.0. The first-order valence-corrected chi connectivity index (χ1v) is 12.0. The lowest BCUT2D eigenvalue weighted by Gasteiger charge is -2.10. The van der Waals surface area contributed by atoms with Crippen molar-refractivity contribution in [3.05, 3.63) is 60.2 Å². The number of benzene rings is 2. The number of unbranched alkanes of at least 4 members (excludes halogenated alkanes) is 7. The summed E-state index contributed by atoms with van der Waals surface area (Å²) in [6.45, 7) is 2.24. The van der Waals surface area contributed by atoms with E-state index in [1.54, 1.807) is 12.1 Å². The van der Waals surface area contributed by atoms with Gasteiger partial charge in [-0.25, -0.2) is 0 Å².